The summed E-state index contributed by atoms with van der Waals surface area (Å²) in [6.45, 7) is 5.11. The number of nitrogens with one attached hydrogen (secondary N) is 2. The maximum absolute atomic E-state index is 13.1. The molecule has 2 aromatic carbocycles. The van der Waals surface area contributed by atoms with Crippen molar-refractivity contribution in [3.63, 3.8) is 0 Å². The summed E-state index contributed by atoms with van der Waals surface area (Å²) in [6, 6.07) is 15.0. The Balaban J connectivity index is 1.61. The molecule has 2 aromatic heterocycles. The predicted molar refractivity (Wildman–Crippen MR) is 118 cm³/mol. The highest BCUT2D eigenvalue weighted by atomic mass is 16.5. The van der Waals surface area contributed by atoms with Crippen molar-refractivity contribution in [1.29, 1.82) is 0 Å². The first-order valence-corrected chi connectivity index (χ1v) is 10.1. The molecule has 0 aliphatic heterocycles. The van der Waals surface area contributed by atoms with E-state index in [-0.39, 0.29) is 11.5 Å². The lowest BCUT2D eigenvalue weighted by Crippen LogP contribution is -2.33. The number of rotatable bonds is 8. The van der Waals surface area contributed by atoms with E-state index in [1.54, 1.807) is 18.3 Å². The number of pyridine rings is 1. The molecule has 2 N–H and O–H groups in total. The van der Waals surface area contributed by atoms with E-state index in [0.29, 0.717) is 48.4 Å². The number of ether oxygens (including phenoxy) is 1. The first kappa shape index (κ1) is 20.0. The van der Waals surface area contributed by atoms with Crippen molar-refractivity contribution in [2.24, 2.45) is 0 Å². The Morgan fingerprint density at radius 3 is 2.67 bits per heavy atom. The van der Waals surface area contributed by atoms with Crippen molar-refractivity contribution >= 4 is 33.2 Å². The van der Waals surface area contributed by atoms with Crippen LogP contribution >= 0.6 is 0 Å². The fourth-order valence-corrected chi connectivity index (χ4v) is 3.46. The van der Waals surface area contributed by atoms with Gasteiger partial charge in [-0.25, -0.2) is 4.98 Å². The van der Waals surface area contributed by atoms with Gasteiger partial charge in [0.1, 0.15) is 0 Å². The molecule has 0 aliphatic carbocycles. The standard InChI is InChI=1S/C23H24N4O3/c1-2-30-13-11-24-9-10-25-22(28)18-8-5-12-27-21(18)26-20-15-17-7-4-3-6-16(17)14-19(20)23(27)29/h3-8,12,14-15,24H,2,9-11,13H2,1H3,(H,25,28). The number of hydrogen-bond acceptors (Lipinski definition) is 5. The van der Waals surface area contributed by atoms with E-state index in [1.807, 2.05) is 43.3 Å². The van der Waals surface area contributed by atoms with Crippen LogP contribution in [0.1, 0.15) is 17.3 Å². The fraction of sp³-hybridized carbons (Fsp3) is 0.261. The Morgan fingerprint density at radius 2 is 1.87 bits per heavy atom. The molecule has 0 fully saturated rings. The molecule has 0 aliphatic rings. The molecular weight excluding hydrogens is 380 g/mol. The Bertz CT molecular complexity index is 1270. The third kappa shape index (κ3) is 4.03. The molecule has 30 heavy (non-hydrogen) atoms. The van der Waals surface area contributed by atoms with Crippen LogP contribution in [0.3, 0.4) is 0 Å². The van der Waals surface area contributed by atoms with Gasteiger partial charge in [-0.3, -0.25) is 14.0 Å². The number of hydrogen-bond donors (Lipinski definition) is 2. The SMILES string of the molecule is CCOCCNCCNC(=O)c1cccn2c(=O)c3cc4ccccc4cc3nc12. The number of amides is 1. The van der Waals surface area contributed by atoms with Crippen LogP contribution in [0.2, 0.25) is 0 Å². The van der Waals surface area contributed by atoms with Crippen LogP contribution in [-0.2, 0) is 4.74 Å². The summed E-state index contributed by atoms with van der Waals surface area (Å²) < 4.78 is 6.70. The van der Waals surface area contributed by atoms with Crippen molar-refractivity contribution in [2.45, 2.75) is 6.92 Å². The molecule has 4 aromatic rings. The van der Waals surface area contributed by atoms with Crippen molar-refractivity contribution in [3.8, 4) is 0 Å². The smallest absolute Gasteiger partial charge is 0.265 e. The van der Waals surface area contributed by atoms with Gasteiger partial charge in [0.2, 0.25) is 0 Å². The van der Waals surface area contributed by atoms with Crippen molar-refractivity contribution in [3.05, 3.63) is 70.6 Å². The van der Waals surface area contributed by atoms with Crippen LogP contribution in [0.15, 0.2) is 59.5 Å². The first-order chi connectivity index (χ1) is 14.7. The Kier molecular flexibility index (Phi) is 6.02. The lowest BCUT2D eigenvalue weighted by molar-refractivity contribution is 0.0954. The van der Waals surface area contributed by atoms with Gasteiger partial charge >= 0.3 is 0 Å². The van der Waals surface area contributed by atoms with E-state index < -0.39 is 0 Å². The number of nitrogens with zero attached hydrogens (tertiary/aromatic N) is 2. The van der Waals surface area contributed by atoms with E-state index >= 15 is 0 Å². The van der Waals surface area contributed by atoms with Gasteiger partial charge in [0, 0.05) is 32.4 Å². The molecule has 0 saturated carbocycles. The van der Waals surface area contributed by atoms with Gasteiger partial charge in [-0.2, -0.15) is 0 Å². The van der Waals surface area contributed by atoms with Gasteiger partial charge < -0.3 is 15.4 Å². The normalized spacial score (nSPS) is 11.4. The average molecular weight is 404 g/mol. The molecule has 2 heterocycles. The summed E-state index contributed by atoms with van der Waals surface area (Å²) in [5.41, 5.74) is 1.12. The zero-order valence-corrected chi connectivity index (χ0v) is 16.9. The van der Waals surface area contributed by atoms with Crippen LogP contribution in [0, 0.1) is 0 Å². The monoisotopic (exact) mass is 404 g/mol. The van der Waals surface area contributed by atoms with Gasteiger partial charge in [0.25, 0.3) is 11.5 Å². The van der Waals surface area contributed by atoms with E-state index in [0.717, 1.165) is 17.3 Å². The third-order valence-electron chi connectivity index (χ3n) is 4.97. The van der Waals surface area contributed by atoms with Crippen LogP contribution in [0.25, 0.3) is 27.3 Å². The molecular formula is C23H24N4O3. The first-order valence-electron chi connectivity index (χ1n) is 10.1. The van der Waals surface area contributed by atoms with E-state index in [4.69, 9.17) is 4.74 Å². The largest absolute Gasteiger partial charge is 0.380 e. The second kappa shape index (κ2) is 9.02. The second-order valence-corrected chi connectivity index (χ2v) is 6.95. The van der Waals surface area contributed by atoms with Gasteiger partial charge in [0.05, 0.1) is 23.1 Å². The molecule has 0 saturated heterocycles. The van der Waals surface area contributed by atoms with E-state index in [1.165, 1.54) is 4.40 Å². The number of aromatic nitrogens is 2. The molecule has 154 valence electrons. The zero-order chi connectivity index (χ0) is 20.9. The molecule has 0 spiro atoms. The van der Waals surface area contributed by atoms with Crippen molar-refractivity contribution in [1.82, 2.24) is 20.0 Å². The average Bonchev–Trinajstić information content (AvgIpc) is 2.77. The molecule has 7 heteroatoms. The van der Waals surface area contributed by atoms with E-state index in [2.05, 4.69) is 15.6 Å². The number of carbonyl (C=O) groups is 1. The molecule has 0 bridgehead atoms. The van der Waals surface area contributed by atoms with Crippen LogP contribution in [0.5, 0.6) is 0 Å². The quantitative estimate of drug-likeness (QED) is 0.348. The molecule has 1 amide bonds. The lowest BCUT2D eigenvalue weighted by Gasteiger charge is -2.10. The maximum Gasteiger partial charge on any atom is 0.265 e. The van der Waals surface area contributed by atoms with Gasteiger partial charge in [0.15, 0.2) is 5.65 Å². The number of carbonyl (C=O) groups excluding carboxylic acids is 1. The summed E-state index contributed by atoms with van der Waals surface area (Å²) in [5.74, 6) is -0.258. The van der Waals surface area contributed by atoms with Gasteiger partial charge in [-0.05, 0) is 42.0 Å². The zero-order valence-electron chi connectivity index (χ0n) is 16.9. The highest BCUT2D eigenvalue weighted by Crippen LogP contribution is 2.20. The highest BCUT2D eigenvalue weighted by molar-refractivity contribution is 6.02. The topological polar surface area (TPSA) is 84.7 Å². The molecule has 0 atom stereocenters. The summed E-state index contributed by atoms with van der Waals surface area (Å²) in [6.07, 6.45) is 1.64. The number of benzene rings is 2. The predicted octanol–water partition coefficient (Wildman–Crippen LogP) is 2.36. The van der Waals surface area contributed by atoms with Crippen LogP contribution < -0.4 is 16.2 Å². The Morgan fingerprint density at radius 1 is 1.07 bits per heavy atom. The third-order valence-corrected chi connectivity index (χ3v) is 4.97. The summed E-state index contributed by atoms with van der Waals surface area (Å²) in [7, 11) is 0. The Hall–Kier alpha value is -3.29. The maximum atomic E-state index is 13.1. The molecule has 0 unspecified atom stereocenters. The van der Waals surface area contributed by atoms with Gasteiger partial charge in [-0.15, -0.1) is 0 Å². The minimum Gasteiger partial charge on any atom is -0.380 e. The van der Waals surface area contributed by atoms with Crippen molar-refractivity contribution in [2.75, 3.05) is 32.8 Å². The molecule has 0 radical (unpaired) electrons. The summed E-state index contributed by atoms with van der Waals surface area (Å²) >= 11 is 0. The lowest BCUT2D eigenvalue weighted by atomic mass is 10.1. The van der Waals surface area contributed by atoms with Gasteiger partial charge in [-0.1, -0.05) is 24.3 Å². The second-order valence-electron chi connectivity index (χ2n) is 6.95. The number of fused-ring (bicyclic) bond motifs is 3. The Labute approximate surface area is 173 Å². The van der Waals surface area contributed by atoms with E-state index in [9.17, 15) is 9.59 Å². The fourth-order valence-electron chi connectivity index (χ4n) is 3.46. The highest BCUT2D eigenvalue weighted by Gasteiger charge is 2.14. The molecule has 4 rings (SSSR count). The van der Waals surface area contributed by atoms with Crippen molar-refractivity contribution < 1.29 is 9.53 Å². The summed E-state index contributed by atoms with van der Waals surface area (Å²) in [4.78, 5) is 30.5. The van der Waals surface area contributed by atoms with Crippen LogP contribution in [0.4, 0.5) is 0 Å². The molecule has 7 nitrogen and oxygen atoms in total. The summed E-state index contributed by atoms with van der Waals surface area (Å²) in [5, 5.41) is 8.60. The van der Waals surface area contributed by atoms with Crippen LogP contribution in [-0.4, -0.2) is 48.1 Å². The minimum atomic E-state index is -0.258. The minimum absolute atomic E-state index is 0.187.